The number of carboxylic acids is 1. The van der Waals surface area contributed by atoms with Gasteiger partial charge in [0.25, 0.3) is 5.91 Å². The predicted molar refractivity (Wildman–Crippen MR) is 60.2 cm³/mol. The topological polar surface area (TPSA) is 70.8 Å². The molecule has 0 aliphatic rings. The third kappa shape index (κ3) is 2.85. The standard InChI is InChI=1S/C10H12BrNO4/c1-6(10(14)15)5-12(2)9(13)8-7(11)3-4-16-8/h3-4,6H,5H2,1-2H3,(H,14,15). The number of hydrogen-bond donors (Lipinski definition) is 1. The van der Waals surface area contributed by atoms with Crippen LogP contribution in [0.3, 0.4) is 0 Å². The van der Waals surface area contributed by atoms with Crippen molar-refractivity contribution in [1.29, 1.82) is 0 Å². The first-order valence-electron chi connectivity index (χ1n) is 4.64. The molecule has 1 rings (SSSR count). The fraction of sp³-hybridized carbons (Fsp3) is 0.400. The molecule has 0 fully saturated rings. The number of nitrogens with zero attached hydrogens (tertiary/aromatic N) is 1. The van der Waals surface area contributed by atoms with Crippen LogP contribution in [-0.4, -0.2) is 35.5 Å². The first kappa shape index (κ1) is 12.8. The molecule has 6 heteroatoms. The van der Waals surface area contributed by atoms with Gasteiger partial charge in [0.1, 0.15) is 0 Å². The Morgan fingerprint density at radius 2 is 2.25 bits per heavy atom. The molecule has 0 bridgehead atoms. The average molecular weight is 290 g/mol. The molecular weight excluding hydrogens is 278 g/mol. The molecular formula is C10H12BrNO4. The van der Waals surface area contributed by atoms with Crippen molar-refractivity contribution < 1.29 is 19.1 Å². The van der Waals surface area contributed by atoms with Gasteiger partial charge >= 0.3 is 5.97 Å². The van der Waals surface area contributed by atoms with Gasteiger partial charge in [-0.2, -0.15) is 0 Å². The fourth-order valence-electron chi connectivity index (χ4n) is 1.19. The second-order valence-electron chi connectivity index (χ2n) is 3.52. The lowest BCUT2D eigenvalue weighted by Gasteiger charge is -2.18. The summed E-state index contributed by atoms with van der Waals surface area (Å²) in [6.07, 6.45) is 1.39. The molecule has 1 N–H and O–H groups in total. The minimum atomic E-state index is -0.932. The zero-order valence-electron chi connectivity index (χ0n) is 8.94. The van der Waals surface area contributed by atoms with E-state index in [-0.39, 0.29) is 18.2 Å². The van der Waals surface area contributed by atoms with E-state index in [2.05, 4.69) is 15.9 Å². The Hall–Kier alpha value is -1.30. The van der Waals surface area contributed by atoms with Gasteiger partial charge < -0.3 is 14.4 Å². The largest absolute Gasteiger partial charge is 0.481 e. The molecule has 0 aromatic carbocycles. The van der Waals surface area contributed by atoms with Gasteiger partial charge in [0, 0.05) is 13.6 Å². The monoisotopic (exact) mass is 289 g/mol. The van der Waals surface area contributed by atoms with E-state index >= 15 is 0 Å². The molecule has 88 valence electrons. The van der Waals surface area contributed by atoms with Crippen molar-refractivity contribution in [2.75, 3.05) is 13.6 Å². The maximum Gasteiger partial charge on any atom is 0.308 e. The number of carbonyl (C=O) groups excluding carboxylic acids is 1. The van der Waals surface area contributed by atoms with Crippen LogP contribution in [0.4, 0.5) is 0 Å². The van der Waals surface area contributed by atoms with Crippen molar-refractivity contribution in [2.24, 2.45) is 5.92 Å². The third-order valence-electron chi connectivity index (χ3n) is 2.13. The molecule has 0 saturated carbocycles. The fourth-order valence-corrected chi connectivity index (χ4v) is 1.56. The summed E-state index contributed by atoms with van der Waals surface area (Å²) in [4.78, 5) is 23.8. The van der Waals surface area contributed by atoms with Crippen molar-refractivity contribution in [3.8, 4) is 0 Å². The van der Waals surface area contributed by atoms with Crippen LogP contribution in [0.15, 0.2) is 21.2 Å². The smallest absolute Gasteiger partial charge is 0.308 e. The lowest BCUT2D eigenvalue weighted by Crippen LogP contribution is -2.33. The summed E-state index contributed by atoms with van der Waals surface area (Å²) < 4.78 is 5.57. The van der Waals surface area contributed by atoms with Crippen LogP contribution in [0.2, 0.25) is 0 Å². The maximum atomic E-state index is 11.8. The molecule has 0 aliphatic carbocycles. The highest BCUT2D eigenvalue weighted by Crippen LogP contribution is 2.19. The number of carboxylic acid groups (broad SMARTS) is 1. The molecule has 0 saturated heterocycles. The first-order chi connectivity index (χ1) is 7.43. The number of rotatable bonds is 4. The van der Waals surface area contributed by atoms with Gasteiger partial charge in [-0.25, -0.2) is 0 Å². The summed E-state index contributed by atoms with van der Waals surface area (Å²) in [6, 6.07) is 1.61. The van der Waals surface area contributed by atoms with Crippen molar-refractivity contribution in [3.05, 3.63) is 22.6 Å². The molecule has 1 unspecified atom stereocenters. The number of hydrogen-bond acceptors (Lipinski definition) is 3. The summed E-state index contributed by atoms with van der Waals surface area (Å²) in [6.45, 7) is 1.69. The SMILES string of the molecule is CC(CN(C)C(=O)c1occc1Br)C(=O)O. The number of amides is 1. The molecule has 1 amide bonds. The van der Waals surface area contributed by atoms with Crippen molar-refractivity contribution in [3.63, 3.8) is 0 Å². The number of furan rings is 1. The lowest BCUT2D eigenvalue weighted by atomic mass is 10.2. The van der Waals surface area contributed by atoms with Crippen molar-refractivity contribution >= 4 is 27.8 Å². The number of carbonyl (C=O) groups is 2. The Morgan fingerprint density at radius 3 is 2.69 bits per heavy atom. The highest BCUT2D eigenvalue weighted by atomic mass is 79.9. The zero-order chi connectivity index (χ0) is 12.3. The quantitative estimate of drug-likeness (QED) is 0.918. The Kier molecular flexibility index (Phi) is 4.12. The van der Waals surface area contributed by atoms with E-state index < -0.39 is 11.9 Å². The minimum absolute atomic E-state index is 0.140. The second-order valence-corrected chi connectivity index (χ2v) is 4.38. The van der Waals surface area contributed by atoms with Crippen LogP contribution in [0, 0.1) is 5.92 Å². The minimum Gasteiger partial charge on any atom is -0.481 e. The Labute approximate surface area is 101 Å². The summed E-state index contributed by atoms with van der Waals surface area (Å²) >= 11 is 3.17. The van der Waals surface area contributed by atoms with Gasteiger partial charge in [0.15, 0.2) is 0 Å². The molecule has 0 radical (unpaired) electrons. The summed E-state index contributed by atoms with van der Waals surface area (Å²) in [5.74, 6) is -1.70. The van der Waals surface area contributed by atoms with E-state index in [1.807, 2.05) is 0 Å². The molecule has 1 heterocycles. The van der Waals surface area contributed by atoms with E-state index in [0.717, 1.165) is 0 Å². The molecule has 0 spiro atoms. The molecule has 0 aliphatic heterocycles. The Balaban J connectivity index is 2.69. The number of halogens is 1. The van der Waals surface area contributed by atoms with Crippen LogP contribution in [-0.2, 0) is 4.79 Å². The maximum absolute atomic E-state index is 11.8. The highest BCUT2D eigenvalue weighted by molar-refractivity contribution is 9.10. The molecule has 5 nitrogen and oxygen atoms in total. The van der Waals surface area contributed by atoms with E-state index in [4.69, 9.17) is 9.52 Å². The summed E-state index contributed by atoms with van der Waals surface area (Å²) in [7, 11) is 1.54. The van der Waals surface area contributed by atoms with Gasteiger partial charge in [0.05, 0.1) is 16.7 Å². The van der Waals surface area contributed by atoms with Gasteiger partial charge in [-0.15, -0.1) is 0 Å². The van der Waals surface area contributed by atoms with Crippen LogP contribution < -0.4 is 0 Å². The lowest BCUT2D eigenvalue weighted by molar-refractivity contribution is -0.141. The van der Waals surface area contributed by atoms with Gasteiger partial charge in [0.2, 0.25) is 5.76 Å². The Bertz CT molecular complexity index is 401. The molecule has 1 aromatic rings. The van der Waals surface area contributed by atoms with Gasteiger partial charge in [-0.3, -0.25) is 9.59 Å². The predicted octanol–water partition coefficient (Wildman–Crippen LogP) is 1.83. The van der Waals surface area contributed by atoms with Crippen LogP contribution in [0.5, 0.6) is 0 Å². The highest BCUT2D eigenvalue weighted by Gasteiger charge is 2.22. The molecule has 1 atom stereocenters. The van der Waals surface area contributed by atoms with E-state index in [1.54, 1.807) is 13.0 Å². The van der Waals surface area contributed by atoms with Crippen LogP contribution >= 0.6 is 15.9 Å². The summed E-state index contributed by atoms with van der Waals surface area (Å²) in [5.41, 5.74) is 0. The van der Waals surface area contributed by atoms with E-state index in [1.165, 1.54) is 18.2 Å². The van der Waals surface area contributed by atoms with Crippen molar-refractivity contribution in [2.45, 2.75) is 6.92 Å². The number of aliphatic carboxylic acids is 1. The molecule has 16 heavy (non-hydrogen) atoms. The molecule has 1 aromatic heterocycles. The van der Waals surface area contributed by atoms with Crippen LogP contribution in [0.25, 0.3) is 0 Å². The van der Waals surface area contributed by atoms with Crippen LogP contribution in [0.1, 0.15) is 17.5 Å². The summed E-state index contributed by atoms with van der Waals surface area (Å²) in [5, 5.41) is 8.73. The average Bonchev–Trinajstić information content (AvgIpc) is 2.62. The van der Waals surface area contributed by atoms with Gasteiger partial charge in [-0.05, 0) is 22.0 Å². The van der Waals surface area contributed by atoms with Gasteiger partial charge in [-0.1, -0.05) is 6.92 Å². The normalized spacial score (nSPS) is 12.2. The van der Waals surface area contributed by atoms with Crippen molar-refractivity contribution in [1.82, 2.24) is 4.90 Å². The first-order valence-corrected chi connectivity index (χ1v) is 5.44. The second kappa shape index (κ2) is 5.16. The third-order valence-corrected chi connectivity index (χ3v) is 2.75. The zero-order valence-corrected chi connectivity index (χ0v) is 10.5. The Morgan fingerprint density at radius 1 is 1.62 bits per heavy atom. The van der Waals surface area contributed by atoms with E-state index in [9.17, 15) is 9.59 Å². The van der Waals surface area contributed by atoms with E-state index in [0.29, 0.717) is 4.47 Å².